The van der Waals surface area contributed by atoms with Crippen molar-refractivity contribution in [1.82, 2.24) is 51.4 Å². The van der Waals surface area contributed by atoms with E-state index in [0.717, 1.165) is 45.2 Å². The number of aromatic nitrogens is 4. The summed E-state index contributed by atoms with van der Waals surface area (Å²) in [7, 11) is 3.38. The Hall–Kier alpha value is -8.93. The number of aryl methyl sites for hydroxylation is 2. The lowest BCUT2D eigenvalue weighted by molar-refractivity contribution is 0.0305. The third-order valence-electron chi connectivity index (χ3n) is 12.5. The number of nitrogens with zero attached hydrogens (tertiary/aromatic N) is 7. The van der Waals surface area contributed by atoms with Crippen molar-refractivity contribution in [2.75, 3.05) is 60.7 Å². The summed E-state index contributed by atoms with van der Waals surface area (Å²) in [6, 6.07) is 14.6. The number of carbonyl (C=O) groups excluding carboxylic acids is 5. The Morgan fingerprint density at radius 1 is 0.716 bits per heavy atom. The SMILES string of the molecule is CNCCNc1ncc2c(n1)N(c1c(F)cccc1F)C(=O)NC2c1cc(C(=O)NC(C)C)ccc1C.Cc1ccc(C(=O)NC(C)C)cc1-c1nc(NCCN(C)C(=O)OC(C)(C)C)nc2c1CNC(=O)N2c1c(F)cccc1F. The molecule has 428 valence electrons. The first-order valence-electron chi connectivity index (χ1n) is 26.1. The van der Waals surface area contributed by atoms with Crippen LogP contribution in [0.4, 0.5) is 66.9 Å². The predicted molar refractivity (Wildman–Crippen MR) is 300 cm³/mol. The maximum Gasteiger partial charge on any atom is 0.410 e. The minimum absolute atomic E-state index is 0.0258. The van der Waals surface area contributed by atoms with Gasteiger partial charge in [-0.05, 0) is 135 Å². The molecular weight excluding hydrogens is 1050 g/mol. The fourth-order valence-electron chi connectivity index (χ4n) is 8.61. The Bertz CT molecular complexity index is 3320. The minimum Gasteiger partial charge on any atom is -0.444 e. The van der Waals surface area contributed by atoms with E-state index in [0.29, 0.717) is 52.2 Å². The first-order valence-corrected chi connectivity index (χ1v) is 26.1. The number of anilines is 6. The van der Waals surface area contributed by atoms with Gasteiger partial charge in [0.05, 0.1) is 18.3 Å². The largest absolute Gasteiger partial charge is 0.444 e. The van der Waals surface area contributed by atoms with Gasteiger partial charge < -0.3 is 46.9 Å². The fourth-order valence-corrected chi connectivity index (χ4v) is 8.61. The van der Waals surface area contributed by atoms with Gasteiger partial charge in [-0.1, -0.05) is 24.3 Å². The molecule has 0 spiro atoms. The Morgan fingerprint density at radius 2 is 1.26 bits per heavy atom. The molecule has 7 amide bonds. The maximum absolute atomic E-state index is 15.0. The number of urea groups is 2. The average molecular weight is 1120 g/mol. The number of amides is 7. The Balaban J connectivity index is 0.000000237. The van der Waals surface area contributed by atoms with Gasteiger partial charge in [0.15, 0.2) is 11.6 Å². The lowest BCUT2D eigenvalue weighted by Gasteiger charge is -2.35. The van der Waals surface area contributed by atoms with E-state index < -0.39 is 64.4 Å². The van der Waals surface area contributed by atoms with Crippen LogP contribution < -0.4 is 47.0 Å². The van der Waals surface area contributed by atoms with Gasteiger partial charge >= 0.3 is 18.2 Å². The van der Waals surface area contributed by atoms with Gasteiger partial charge in [-0.3, -0.25) is 9.59 Å². The van der Waals surface area contributed by atoms with E-state index in [-0.39, 0.29) is 67.1 Å². The molecule has 7 N–H and O–H groups in total. The van der Waals surface area contributed by atoms with Crippen LogP contribution in [0.3, 0.4) is 0 Å². The zero-order valence-corrected chi connectivity index (χ0v) is 46.9. The lowest BCUT2D eigenvalue weighted by atomic mass is 9.92. The molecule has 0 saturated carbocycles. The minimum atomic E-state index is -0.954. The van der Waals surface area contributed by atoms with Crippen LogP contribution in [0.2, 0.25) is 0 Å². The van der Waals surface area contributed by atoms with Crippen molar-refractivity contribution in [1.29, 1.82) is 0 Å². The molecule has 0 fully saturated rings. The second kappa shape index (κ2) is 25.5. The molecule has 81 heavy (non-hydrogen) atoms. The highest BCUT2D eigenvalue weighted by molar-refractivity contribution is 6.04. The molecule has 0 radical (unpaired) electrons. The highest BCUT2D eigenvalue weighted by atomic mass is 19.1. The van der Waals surface area contributed by atoms with Crippen molar-refractivity contribution < 1.29 is 46.3 Å². The van der Waals surface area contributed by atoms with Crippen molar-refractivity contribution in [2.24, 2.45) is 0 Å². The van der Waals surface area contributed by atoms with E-state index >= 15 is 8.78 Å². The number of hydrogen-bond donors (Lipinski definition) is 7. The number of carbonyl (C=O) groups is 5. The molecule has 2 aromatic heterocycles. The maximum atomic E-state index is 15.0. The first kappa shape index (κ1) is 59.7. The lowest BCUT2D eigenvalue weighted by Crippen LogP contribution is -2.46. The zero-order valence-electron chi connectivity index (χ0n) is 46.9. The molecule has 0 bridgehead atoms. The molecule has 2 aliphatic heterocycles. The van der Waals surface area contributed by atoms with Crippen molar-refractivity contribution in [3.05, 3.63) is 141 Å². The molecule has 4 heterocycles. The molecule has 1 atom stereocenters. The zero-order chi connectivity index (χ0) is 59.0. The number of fused-ring (bicyclic) bond motifs is 2. The summed E-state index contributed by atoms with van der Waals surface area (Å²) < 4.78 is 65.0. The second-order valence-electron chi connectivity index (χ2n) is 20.7. The summed E-state index contributed by atoms with van der Waals surface area (Å²) >= 11 is 0. The molecular formula is C57H66F4N14O6. The van der Waals surface area contributed by atoms with Gasteiger partial charge in [0.25, 0.3) is 11.8 Å². The predicted octanol–water partition coefficient (Wildman–Crippen LogP) is 9.29. The molecule has 2 aliphatic rings. The van der Waals surface area contributed by atoms with Gasteiger partial charge in [-0.15, -0.1) is 0 Å². The fraction of sp³-hybridized carbons (Fsp3) is 0.351. The van der Waals surface area contributed by atoms with Crippen LogP contribution in [0.5, 0.6) is 0 Å². The number of halogens is 4. The van der Waals surface area contributed by atoms with Crippen molar-refractivity contribution >= 4 is 64.9 Å². The van der Waals surface area contributed by atoms with Gasteiger partial charge in [0, 0.05) is 79.3 Å². The van der Waals surface area contributed by atoms with Gasteiger partial charge in [0.2, 0.25) is 11.9 Å². The Morgan fingerprint density at radius 3 is 1.83 bits per heavy atom. The quantitative estimate of drug-likeness (QED) is 0.0354. The van der Waals surface area contributed by atoms with Gasteiger partial charge in [0.1, 0.15) is 40.2 Å². The summed E-state index contributed by atoms with van der Waals surface area (Å²) in [5.74, 6) is -4.01. The number of rotatable bonds is 16. The molecule has 0 aliphatic carbocycles. The summed E-state index contributed by atoms with van der Waals surface area (Å²) in [5, 5.41) is 20.3. The van der Waals surface area contributed by atoms with Crippen molar-refractivity contribution in [3.63, 3.8) is 0 Å². The molecule has 24 heteroatoms. The van der Waals surface area contributed by atoms with E-state index in [1.54, 1.807) is 71.3 Å². The normalized spacial score (nSPS) is 13.8. The molecule has 4 aromatic carbocycles. The van der Waals surface area contributed by atoms with E-state index in [4.69, 9.17) is 9.72 Å². The van der Waals surface area contributed by atoms with Gasteiger partial charge in [-0.2, -0.15) is 9.97 Å². The monoisotopic (exact) mass is 1120 g/mol. The van der Waals surface area contributed by atoms with Crippen LogP contribution in [-0.4, -0.2) is 113 Å². The van der Waals surface area contributed by atoms with Crippen LogP contribution in [0.15, 0.2) is 79.0 Å². The topological polar surface area (TPSA) is 240 Å². The van der Waals surface area contributed by atoms with Crippen molar-refractivity contribution in [2.45, 2.75) is 92.6 Å². The second-order valence-corrected chi connectivity index (χ2v) is 20.7. The standard InChI is InChI=1S/C31H37F2N7O4.C26H29F2N7O2/c1-17(2)36-27(41)19-12-11-18(3)20(15-19)24-21-16-35-29(42)40(25-22(32)9-8-10-23(25)33)26(21)38-28(37-24)34-13-14-39(7)30(43)44-31(4,5)6;1-14(2)32-24(36)16-9-8-15(3)17(12-16)21-18-13-31-25(30-11-10-29-4)34-23(18)35(26(37)33-21)22-19(27)6-5-7-20(22)28/h8-12,15,17H,13-14,16H2,1-7H3,(H,35,42)(H,36,41)(H,34,37,38);5-9,12-14,21,29H,10-11H2,1-4H3,(H,32,36)(H,33,37)(H,30,31,34). The van der Waals surface area contributed by atoms with Crippen LogP contribution in [-0.2, 0) is 11.3 Å². The first-order chi connectivity index (χ1) is 38.4. The van der Waals surface area contributed by atoms with E-state index in [1.165, 1.54) is 23.2 Å². The highest BCUT2D eigenvalue weighted by Crippen LogP contribution is 2.42. The summed E-state index contributed by atoms with van der Waals surface area (Å²) in [5.41, 5.74) is 2.96. The smallest absolute Gasteiger partial charge is 0.410 e. The molecule has 0 saturated heterocycles. The van der Waals surface area contributed by atoms with E-state index in [9.17, 15) is 32.8 Å². The summed E-state index contributed by atoms with van der Waals surface area (Å²) in [4.78, 5) is 85.7. The van der Waals surface area contributed by atoms with Crippen LogP contribution in [0.25, 0.3) is 11.3 Å². The number of nitrogens with one attached hydrogen (secondary N) is 7. The number of likely N-dealkylation sites (N-methyl/N-ethyl adjacent to an activating group) is 2. The Labute approximate surface area is 466 Å². The molecule has 1 unspecified atom stereocenters. The highest BCUT2D eigenvalue weighted by Gasteiger charge is 2.39. The number of para-hydroxylation sites is 2. The Kier molecular flexibility index (Phi) is 18.8. The number of benzene rings is 4. The van der Waals surface area contributed by atoms with Gasteiger partial charge in [-0.25, -0.2) is 51.7 Å². The van der Waals surface area contributed by atoms with Crippen LogP contribution in [0.1, 0.15) is 103 Å². The molecule has 6 aromatic rings. The third-order valence-corrected chi connectivity index (χ3v) is 12.5. The van der Waals surface area contributed by atoms with E-state index in [1.807, 2.05) is 41.5 Å². The third kappa shape index (κ3) is 14.1. The van der Waals surface area contributed by atoms with Crippen molar-refractivity contribution in [3.8, 4) is 11.3 Å². The number of ether oxygens (including phenoxy) is 1. The van der Waals surface area contributed by atoms with Crippen LogP contribution in [0, 0.1) is 37.1 Å². The summed E-state index contributed by atoms with van der Waals surface area (Å²) in [6.45, 7) is 17.9. The average Bonchev–Trinajstić information content (AvgIpc) is 3.51. The molecule has 20 nitrogen and oxygen atoms in total. The summed E-state index contributed by atoms with van der Waals surface area (Å²) in [6.07, 6.45) is 0.997. The van der Waals surface area contributed by atoms with Crippen LogP contribution >= 0.6 is 0 Å². The van der Waals surface area contributed by atoms with E-state index in [2.05, 4.69) is 52.2 Å². The number of hydrogen-bond acceptors (Lipinski definition) is 13. The molecule has 8 rings (SSSR count).